The van der Waals surface area contributed by atoms with Crippen molar-refractivity contribution in [2.45, 2.75) is 206 Å². The summed E-state index contributed by atoms with van der Waals surface area (Å²) in [6.07, 6.45) is 46.0. The molecule has 0 heterocycles. The predicted molar refractivity (Wildman–Crippen MR) is 244 cm³/mol. The number of carbonyl (C=O) groups excluding carboxylic acids is 2. The Labute approximate surface area is 362 Å². The molecule has 2 unspecified atom stereocenters. The lowest BCUT2D eigenvalue weighted by molar-refractivity contribution is -0.870. The fourth-order valence-electron chi connectivity index (χ4n) is 6.31. The van der Waals surface area contributed by atoms with Crippen molar-refractivity contribution in [3.63, 3.8) is 0 Å². The van der Waals surface area contributed by atoms with Gasteiger partial charge < -0.3 is 28.5 Å². The number of carboxylic acids is 1. The molecule has 9 nitrogen and oxygen atoms in total. The molecule has 9 heteroatoms. The van der Waals surface area contributed by atoms with E-state index in [2.05, 4.69) is 62.5 Å². The van der Waals surface area contributed by atoms with Crippen LogP contribution in [0.25, 0.3) is 0 Å². The number of hydrogen-bond donors (Lipinski definition) is 1. The van der Waals surface area contributed by atoms with Crippen LogP contribution in [-0.2, 0) is 33.3 Å². The Balaban J connectivity index is 4.39. The van der Waals surface area contributed by atoms with Crippen molar-refractivity contribution in [1.29, 1.82) is 0 Å². The summed E-state index contributed by atoms with van der Waals surface area (Å²) in [5, 5.41) is 9.64. The molecule has 0 aromatic carbocycles. The van der Waals surface area contributed by atoms with Gasteiger partial charge in [0.2, 0.25) is 0 Å². The van der Waals surface area contributed by atoms with Gasteiger partial charge in [-0.3, -0.25) is 9.59 Å². The van der Waals surface area contributed by atoms with Gasteiger partial charge in [-0.25, -0.2) is 4.79 Å². The van der Waals surface area contributed by atoms with Gasteiger partial charge in [0.1, 0.15) is 13.2 Å². The van der Waals surface area contributed by atoms with Gasteiger partial charge in [0.05, 0.1) is 34.4 Å². The number of carboxylic acid groups (broad SMARTS) is 1. The van der Waals surface area contributed by atoms with Crippen molar-refractivity contribution < 1.29 is 42.9 Å². The highest BCUT2D eigenvalue weighted by Gasteiger charge is 2.25. The average Bonchev–Trinajstić information content (AvgIpc) is 3.19. The lowest BCUT2D eigenvalue weighted by Gasteiger charge is -2.25. The molecular weight excluding hydrogens is 743 g/mol. The van der Waals surface area contributed by atoms with Crippen molar-refractivity contribution in [3.05, 3.63) is 48.6 Å². The normalized spacial score (nSPS) is 13.3. The predicted octanol–water partition coefficient (Wildman–Crippen LogP) is 12.8. The Morgan fingerprint density at radius 3 is 1.41 bits per heavy atom. The van der Waals surface area contributed by atoms with Crippen molar-refractivity contribution in [2.75, 3.05) is 47.5 Å². The van der Waals surface area contributed by atoms with Crippen LogP contribution in [0.2, 0.25) is 0 Å². The summed E-state index contributed by atoms with van der Waals surface area (Å²) in [7, 11) is 5.95. The standard InChI is InChI=1S/C50H89NO8/c1-6-8-10-12-14-16-18-20-21-22-23-24-25-26-27-29-31-33-35-37-39-41-48(53)59-46(45-58-50(49(54)55)56-43-42-51(3,4)5)44-57-47(52)40-38-36-34-32-30-28-19-17-15-13-11-9-7-2/h11,13,17-20,22-23,46,50H,6-10,12,14-16,21,24-45H2,1-5H3/p+1/b13-11-,19-17-,20-18-,23-22-. The van der Waals surface area contributed by atoms with Gasteiger partial charge in [0, 0.05) is 12.8 Å². The van der Waals surface area contributed by atoms with E-state index in [-0.39, 0.29) is 38.6 Å². The molecule has 0 aliphatic carbocycles. The Hall–Kier alpha value is -2.75. The number of aliphatic carboxylic acids is 1. The molecule has 59 heavy (non-hydrogen) atoms. The highest BCUT2D eigenvalue weighted by Crippen LogP contribution is 2.14. The molecule has 0 aliphatic rings. The third kappa shape index (κ3) is 43.2. The van der Waals surface area contributed by atoms with Gasteiger partial charge in [-0.2, -0.15) is 0 Å². The fourth-order valence-corrected chi connectivity index (χ4v) is 6.31. The topological polar surface area (TPSA) is 108 Å². The highest BCUT2D eigenvalue weighted by atomic mass is 16.7. The summed E-state index contributed by atoms with van der Waals surface area (Å²) in [4.78, 5) is 37.1. The highest BCUT2D eigenvalue weighted by molar-refractivity contribution is 5.71. The Morgan fingerprint density at radius 2 is 0.949 bits per heavy atom. The maximum Gasteiger partial charge on any atom is 0.361 e. The molecule has 342 valence electrons. The monoisotopic (exact) mass is 833 g/mol. The first-order valence-corrected chi connectivity index (χ1v) is 23.8. The fraction of sp³-hybridized carbons (Fsp3) is 0.780. The van der Waals surface area contributed by atoms with E-state index in [9.17, 15) is 19.5 Å². The smallest absolute Gasteiger partial charge is 0.361 e. The molecule has 0 saturated heterocycles. The van der Waals surface area contributed by atoms with Gasteiger partial charge in [0.15, 0.2) is 6.10 Å². The first-order chi connectivity index (χ1) is 28.6. The maximum atomic E-state index is 12.8. The van der Waals surface area contributed by atoms with Gasteiger partial charge in [0.25, 0.3) is 6.29 Å². The van der Waals surface area contributed by atoms with E-state index < -0.39 is 24.3 Å². The van der Waals surface area contributed by atoms with E-state index >= 15 is 0 Å². The Kier molecular flexibility index (Phi) is 40.0. The summed E-state index contributed by atoms with van der Waals surface area (Å²) in [6.45, 7) is 4.77. The third-order valence-electron chi connectivity index (χ3n) is 10.0. The number of ether oxygens (including phenoxy) is 4. The Morgan fingerprint density at radius 1 is 0.508 bits per heavy atom. The van der Waals surface area contributed by atoms with Crippen LogP contribution in [0.15, 0.2) is 48.6 Å². The molecule has 0 aromatic rings. The largest absolute Gasteiger partial charge is 0.477 e. The molecule has 1 N–H and O–H groups in total. The van der Waals surface area contributed by atoms with Crippen molar-refractivity contribution in [2.24, 2.45) is 0 Å². The van der Waals surface area contributed by atoms with Crippen LogP contribution in [-0.4, -0.2) is 87.4 Å². The zero-order valence-electron chi connectivity index (χ0n) is 38.7. The second kappa shape index (κ2) is 42.0. The molecule has 0 aromatic heterocycles. The quantitative estimate of drug-likeness (QED) is 0.0213. The Bertz CT molecular complexity index is 1110. The van der Waals surface area contributed by atoms with Crippen molar-refractivity contribution in [1.82, 2.24) is 0 Å². The number of likely N-dealkylation sites (N-methyl/N-ethyl adjacent to an activating group) is 1. The van der Waals surface area contributed by atoms with Gasteiger partial charge in [-0.05, 0) is 70.6 Å². The van der Waals surface area contributed by atoms with E-state index in [1.54, 1.807) is 0 Å². The molecule has 0 bridgehead atoms. The number of carbonyl (C=O) groups is 3. The van der Waals surface area contributed by atoms with Crippen molar-refractivity contribution in [3.8, 4) is 0 Å². The molecule has 0 saturated carbocycles. The summed E-state index contributed by atoms with van der Waals surface area (Å²) in [6, 6.07) is 0. The summed E-state index contributed by atoms with van der Waals surface area (Å²) >= 11 is 0. The maximum absolute atomic E-state index is 12.8. The number of rotatable bonds is 43. The van der Waals surface area contributed by atoms with Crippen LogP contribution in [0, 0.1) is 0 Å². The van der Waals surface area contributed by atoms with E-state index in [0.29, 0.717) is 17.4 Å². The number of allylic oxidation sites excluding steroid dienone is 8. The van der Waals surface area contributed by atoms with Crippen LogP contribution in [0.3, 0.4) is 0 Å². The van der Waals surface area contributed by atoms with Gasteiger partial charge in [-0.1, -0.05) is 159 Å². The SMILES string of the molecule is CCC/C=C\C/C=C\CCCCCCCC(=O)OCC(COC(OCC[N+](C)(C)C)C(=O)O)OC(=O)CCCCCCCCCCC/C=C\C/C=C\CCCCCCC. The molecule has 0 fully saturated rings. The van der Waals surface area contributed by atoms with Crippen LogP contribution in [0.4, 0.5) is 0 Å². The summed E-state index contributed by atoms with van der Waals surface area (Å²) in [5.41, 5.74) is 0. The number of esters is 2. The minimum atomic E-state index is -1.51. The molecule has 0 radical (unpaired) electrons. The van der Waals surface area contributed by atoms with E-state index in [0.717, 1.165) is 83.5 Å². The number of hydrogen-bond acceptors (Lipinski definition) is 7. The lowest BCUT2D eigenvalue weighted by atomic mass is 10.1. The van der Waals surface area contributed by atoms with E-state index in [1.165, 1.54) is 77.0 Å². The minimum absolute atomic E-state index is 0.183. The number of unbranched alkanes of at least 4 members (excludes halogenated alkanes) is 20. The second-order valence-corrected chi connectivity index (χ2v) is 17.1. The summed E-state index contributed by atoms with van der Waals surface area (Å²) in [5.74, 6) is -2.03. The molecule has 0 aliphatic heterocycles. The zero-order chi connectivity index (χ0) is 43.5. The zero-order valence-corrected chi connectivity index (χ0v) is 38.7. The molecule has 2 atom stereocenters. The lowest BCUT2D eigenvalue weighted by Crippen LogP contribution is -2.40. The van der Waals surface area contributed by atoms with Crippen molar-refractivity contribution >= 4 is 17.9 Å². The van der Waals surface area contributed by atoms with Gasteiger partial charge in [-0.15, -0.1) is 0 Å². The van der Waals surface area contributed by atoms with Crippen LogP contribution in [0.1, 0.15) is 194 Å². The van der Waals surface area contributed by atoms with Crippen LogP contribution in [0.5, 0.6) is 0 Å². The third-order valence-corrected chi connectivity index (χ3v) is 10.0. The minimum Gasteiger partial charge on any atom is -0.477 e. The van der Waals surface area contributed by atoms with E-state index in [1.807, 2.05) is 21.1 Å². The second-order valence-electron chi connectivity index (χ2n) is 17.1. The first kappa shape index (κ1) is 56.2. The van der Waals surface area contributed by atoms with Gasteiger partial charge >= 0.3 is 17.9 Å². The van der Waals surface area contributed by atoms with Crippen LogP contribution >= 0.6 is 0 Å². The molecule has 0 spiro atoms. The molecular formula is C50H90NO8+. The average molecular weight is 833 g/mol. The first-order valence-electron chi connectivity index (χ1n) is 23.8. The summed E-state index contributed by atoms with van der Waals surface area (Å²) < 4.78 is 22.7. The molecule has 0 amide bonds. The number of nitrogens with zero attached hydrogens (tertiary/aromatic N) is 1. The number of quaternary nitrogens is 1. The molecule has 0 rings (SSSR count). The van der Waals surface area contributed by atoms with E-state index in [4.69, 9.17) is 18.9 Å². The van der Waals surface area contributed by atoms with Crippen LogP contribution < -0.4 is 0 Å².